The summed E-state index contributed by atoms with van der Waals surface area (Å²) in [6.07, 6.45) is -4.66. The zero-order valence-electron chi connectivity index (χ0n) is 17.6. The van der Waals surface area contributed by atoms with Gasteiger partial charge in [0.05, 0.1) is 44.2 Å². The predicted octanol–water partition coefficient (Wildman–Crippen LogP) is 5.66. The van der Waals surface area contributed by atoms with E-state index in [0.29, 0.717) is 11.2 Å². The minimum absolute atomic E-state index is 0.0151. The van der Waals surface area contributed by atoms with Crippen molar-refractivity contribution in [2.45, 2.75) is 11.3 Å². The van der Waals surface area contributed by atoms with Crippen molar-refractivity contribution in [1.82, 2.24) is 9.55 Å². The second-order valence-electron chi connectivity index (χ2n) is 7.21. The average molecular weight is 515 g/mol. The fourth-order valence-electron chi connectivity index (χ4n) is 3.29. The number of halogens is 4. The molecule has 0 fully saturated rings. The summed E-state index contributed by atoms with van der Waals surface area (Å²) >= 11 is 7.06. The van der Waals surface area contributed by atoms with Crippen LogP contribution in [0.25, 0.3) is 16.6 Å². The number of hydrogen-bond donors (Lipinski definition) is 1. The van der Waals surface area contributed by atoms with Gasteiger partial charge in [-0.2, -0.15) is 18.4 Å². The molecule has 1 heterocycles. The molecule has 0 saturated heterocycles. The molecule has 0 saturated carbocycles. The van der Waals surface area contributed by atoms with Gasteiger partial charge in [-0.15, -0.1) is 0 Å². The van der Waals surface area contributed by atoms with E-state index in [-0.39, 0.29) is 32.6 Å². The third kappa shape index (κ3) is 5.16. The van der Waals surface area contributed by atoms with E-state index in [2.05, 4.69) is 10.3 Å². The van der Waals surface area contributed by atoms with Crippen molar-refractivity contribution in [1.29, 1.82) is 5.26 Å². The fraction of sp³-hybridized carbons (Fsp3) is 0.0833. The van der Waals surface area contributed by atoms with E-state index in [1.54, 1.807) is 42.5 Å². The Morgan fingerprint density at radius 2 is 1.83 bits per heavy atom. The number of rotatable bonds is 5. The highest BCUT2D eigenvalue weighted by Crippen LogP contribution is 2.34. The van der Waals surface area contributed by atoms with Crippen LogP contribution in [0.1, 0.15) is 11.1 Å². The summed E-state index contributed by atoms with van der Waals surface area (Å²) in [7, 11) is 0. The van der Waals surface area contributed by atoms with E-state index in [1.165, 1.54) is 6.07 Å². The lowest BCUT2D eigenvalue weighted by Gasteiger charge is -2.16. The molecule has 4 rings (SSSR count). The van der Waals surface area contributed by atoms with Gasteiger partial charge in [0.15, 0.2) is 5.16 Å². The molecule has 0 aliphatic rings. The molecule has 0 unspecified atom stereocenters. The molecule has 0 radical (unpaired) electrons. The Labute approximate surface area is 206 Å². The van der Waals surface area contributed by atoms with Crippen molar-refractivity contribution >= 4 is 45.9 Å². The minimum atomic E-state index is -4.66. The van der Waals surface area contributed by atoms with Crippen molar-refractivity contribution in [2.24, 2.45) is 0 Å². The van der Waals surface area contributed by atoms with Crippen LogP contribution in [0, 0.1) is 11.3 Å². The van der Waals surface area contributed by atoms with Gasteiger partial charge < -0.3 is 5.32 Å². The van der Waals surface area contributed by atoms with Crippen LogP contribution in [0.5, 0.6) is 0 Å². The number of anilines is 1. The first kappa shape index (κ1) is 24.3. The third-order valence-corrected chi connectivity index (χ3v) is 6.17. The number of nitrogens with zero attached hydrogens (tertiary/aromatic N) is 3. The number of nitrogens with one attached hydrogen (secondary N) is 1. The van der Waals surface area contributed by atoms with E-state index < -0.39 is 23.2 Å². The summed E-state index contributed by atoms with van der Waals surface area (Å²) in [6.45, 7) is 0. The Balaban J connectivity index is 1.76. The van der Waals surface area contributed by atoms with Gasteiger partial charge in [0, 0.05) is 0 Å². The molecular formula is C24H14ClF3N4O2S. The Morgan fingerprint density at radius 3 is 2.57 bits per heavy atom. The first-order chi connectivity index (χ1) is 16.7. The summed E-state index contributed by atoms with van der Waals surface area (Å²) in [5.74, 6) is -0.733. The lowest BCUT2D eigenvalue weighted by Crippen LogP contribution is -2.23. The van der Waals surface area contributed by atoms with Gasteiger partial charge in [0.2, 0.25) is 5.91 Å². The molecule has 11 heteroatoms. The standard InChI is InChI=1S/C24H14ClF3N4O2S/c25-17-10-9-15(24(26,27)28)11-20(17)32-22(34)16-6-2-4-8-19(16)31-23(32)35-13-21(33)30-18-7-3-1-5-14(18)12-29/h1-11H,13H2,(H,30,33). The number of para-hydroxylation sites is 2. The van der Waals surface area contributed by atoms with Crippen molar-refractivity contribution in [2.75, 3.05) is 11.1 Å². The molecule has 1 aromatic heterocycles. The molecule has 0 bridgehead atoms. The van der Waals surface area contributed by atoms with Gasteiger partial charge in [0.1, 0.15) is 6.07 Å². The lowest BCUT2D eigenvalue weighted by molar-refractivity contribution is -0.137. The molecule has 1 N–H and O–H groups in total. The molecule has 35 heavy (non-hydrogen) atoms. The van der Waals surface area contributed by atoms with Gasteiger partial charge >= 0.3 is 6.18 Å². The Morgan fingerprint density at radius 1 is 1.11 bits per heavy atom. The molecule has 0 spiro atoms. The first-order valence-corrected chi connectivity index (χ1v) is 11.4. The molecule has 1 amide bonds. The molecule has 0 aliphatic carbocycles. The van der Waals surface area contributed by atoms with Crippen molar-refractivity contribution in [3.05, 3.63) is 93.2 Å². The summed E-state index contributed by atoms with van der Waals surface area (Å²) in [5, 5.41) is 11.9. The number of alkyl halides is 3. The summed E-state index contributed by atoms with van der Waals surface area (Å²) in [6, 6.07) is 17.4. The maximum absolute atomic E-state index is 13.4. The normalized spacial score (nSPS) is 11.3. The number of nitriles is 1. The maximum atomic E-state index is 13.4. The summed E-state index contributed by atoms with van der Waals surface area (Å²) < 4.78 is 41.1. The number of carbonyl (C=O) groups is 1. The van der Waals surface area contributed by atoms with Crippen LogP contribution in [0.3, 0.4) is 0 Å². The summed E-state index contributed by atoms with van der Waals surface area (Å²) in [4.78, 5) is 30.3. The largest absolute Gasteiger partial charge is 0.416 e. The number of carbonyl (C=O) groups excluding carboxylic acids is 1. The molecule has 176 valence electrons. The second kappa shape index (κ2) is 9.82. The minimum Gasteiger partial charge on any atom is -0.324 e. The third-order valence-electron chi connectivity index (χ3n) is 4.91. The van der Waals surface area contributed by atoms with Crippen LogP contribution < -0.4 is 10.9 Å². The smallest absolute Gasteiger partial charge is 0.324 e. The zero-order valence-corrected chi connectivity index (χ0v) is 19.2. The topological polar surface area (TPSA) is 87.8 Å². The molecule has 4 aromatic rings. The van der Waals surface area contributed by atoms with Crippen LogP contribution >= 0.6 is 23.4 Å². The first-order valence-electron chi connectivity index (χ1n) is 9.99. The lowest BCUT2D eigenvalue weighted by atomic mass is 10.2. The predicted molar refractivity (Wildman–Crippen MR) is 128 cm³/mol. The van der Waals surface area contributed by atoms with Gasteiger partial charge in [-0.05, 0) is 42.5 Å². The van der Waals surface area contributed by atoms with Crippen molar-refractivity contribution in [3.63, 3.8) is 0 Å². The number of fused-ring (bicyclic) bond motifs is 1. The molecular weight excluding hydrogens is 501 g/mol. The number of benzene rings is 3. The van der Waals surface area contributed by atoms with E-state index in [4.69, 9.17) is 11.6 Å². The van der Waals surface area contributed by atoms with Crippen molar-refractivity contribution in [3.8, 4) is 11.8 Å². The zero-order chi connectivity index (χ0) is 25.2. The quantitative estimate of drug-likeness (QED) is 0.274. The molecule has 3 aromatic carbocycles. The maximum Gasteiger partial charge on any atom is 0.416 e. The van der Waals surface area contributed by atoms with Gasteiger partial charge in [-0.25, -0.2) is 4.98 Å². The molecule has 6 nitrogen and oxygen atoms in total. The highest BCUT2D eigenvalue weighted by atomic mass is 35.5. The SMILES string of the molecule is N#Cc1ccccc1NC(=O)CSc1nc2ccccc2c(=O)n1-c1cc(C(F)(F)F)ccc1Cl. The Hall–Kier alpha value is -3.81. The van der Waals surface area contributed by atoms with E-state index in [9.17, 15) is 28.0 Å². The van der Waals surface area contributed by atoms with Crippen LogP contribution in [0.4, 0.5) is 18.9 Å². The Bertz CT molecular complexity index is 1550. The fourth-order valence-corrected chi connectivity index (χ4v) is 4.30. The highest BCUT2D eigenvalue weighted by Gasteiger charge is 2.31. The number of amides is 1. The van der Waals surface area contributed by atoms with E-state index in [1.807, 2.05) is 6.07 Å². The number of thioether (sulfide) groups is 1. The summed E-state index contributed by atoms with van der Waals surface area (Å²) in [5.41, 5.74) is -0.932. The van der Waals surface area contributed by atoms with Gasteiger partial charge in [-0.1, -0.05) is 47.6 Å². The number of aromatic nitrogens is 2. The van der Waals surface area contributed by atoms with Crippen LogP contribution in [-0.2, 0) is 11.0 Å². The van der Waals surface area contributed by atoms with E-state index in [0.717, 1.165) is 34.5 Å². The van der Waals surface area contributed by atoms with Crippen LogP contribution in [0.2, 0.25) is 5.02 Å². The van der Waals surface area contributed by atoms with E-state index >= 15 is 0 Å². The highest BCUT2D eigenvalue weighted by molar-refractivity contribution is 7.99. The Kier molecular flexibility index (Phi) is 6.82. The van der Waals surface area contributed by atoms with Crippen molar-refractivity contribution < 1.29 is 18.0 Å². The molecule has 0 atom stereocenters. The monoisotopic (exact) mass is 514 g/mol. The van der Waals surface area contributed by atoms with Gasteiger partial charge in [0.25, 0.3) is 5.56 Å². The van der Waals surface area contributed by atoms with Crippen LogP contribution in [-0.4, -0.2) is 21.2 Å². The average Bonchev–Trinajstić information content (AvgIpc) is 2.83. The van der Waals surface area contributed by atoms with Gasteiger partial charge in [-0.3, -0.25) is 14.2 Å². The molecule has 0 aliphatic heterocycles. The second-order valence-corrected chi connectivity index (χ2v) is 8.56. The van der Waals surface area contributed by atoms with Crippen LogP contribution in [0.15, 0.2) is 76.7 Å². The number of hydrogen-bond acceptors (Lipinski definition) is 5.